The molecule has 8 heteroatoms. The van der Waals surface area contributed by atoms with Gasteiger partial charge in [-0.25, -0.2) is 4.98 Å². The van der Waals surface area contributed by atoms with Crippen molar-refractivity contribution in [1.29, 1.82) is 0 Å². The molecule has 2 heterocycles. The average molecular weight is 386 g/mol. The number of aromatic nitrogens is 1. The molecule has 0 saturated heterocycles. The minimum absolute atomic E-state index is 0.206. The van der Waals surface area contributed by atoms with E-state index >= 15 is 0 Å². The zero-order chi connectivity index (χ0) is 16.9. The maximum atomic E-state index is 11.5. The molecular formula is C16H16ClNO4S2. The van der Waals surface area contributed by atoms with Gasteiger partial charge in [0.05, 0.1) is 25.3 Å². The molecule has 1 aromatic heterocycles. The van der Waals surface area contributed by atoms with E-state index in [1.165, 1.54) is 11.3 Å². The predicted molar refractivity (Wildman–Crippen MR) is 93.7 cm³/mol. The third-order valence-electron chi connectivity index (χ3n) is 3.26. The minimum atomic E-state index is -0.253. The molecule has 0 radical (unpaired) electrons. The number of benzene rings is 1. The second-order valence-electron chi connectivity index (χ2n) is 5.04. The van der Waals surface area contributed by atoms with Gasteiger partial charge in [0, 0.05) is 27.3 Å². The molecule has 24 heavy (non-hydrogen) atoms. The number of ether oxygens (including phenoxy) is 3. The van der Waals surface area contributed by atoms with Crippen LogP contribution in [-0.4, -0.2) is 24.4 Å². The molecule has 0 fully saturated rings. The number of hydrogen-bond acceptors (Lipinski definition) is 7. The zero-order valence-corrected chi connectivity index (χ0v) is 15.4. The summed E-state index contributed by atoms with van der Waals surface area (Å²) in [6.07, 6.45) is 0.206. The quantitative estimate of drug-likeness (QED) is 0.552. The Morgan fingerprint density at radius 2 is 2.38 bits per heavy atom. The Bertz CT molecular complexity index is 735. The summed E-state index contributed by atoms with van der Waals surface area (Å²) < 4.78 is 16.7. The number of thiazole rings is 1. The molecule has 1 aromatic carbocycles. The number of esters is 1. The Hall–Kier alpha value is -1.28. The van der Waals surface area contributed by atoms with Crippen molar-refractivity contribution in [3.05, 3.63) is 39.4 Å². The van der Waals surface area contributed by atoms with Crippen LogP contribution in [0.25, 0.3) is 0 Å². The topological polar surface area (TPSA) is 57.7 Å². The first-order chi connectivity index (χ1) is 11.7. The molecule has 0 N–H and O–H groups in total. The van der Waals surface area contributed by atoms with Crippen LogP contribution in [0.1, 0.15) is 23.7 Å². The molecule has 1 aliphatic heterocycles. The van der Waals surface area contributed by atoms with Crippen LogP contribution < -0.4 is 4.74 Å². The van der Waals surface area contributed by atoms with Gasteiger partial charge in [0.25, 0.3) is 0 Å². The Morgan fingerprint density at radius 1 is 1.50 bits per heavy atom. The number of carbonyl (C=O) groups excluding carboxylic acids is 1. The average Bonchev–Trinajstić information content (AvgIpc) is 3.00. The van der Waals surface area contributed by atoms with Crippen LogP contribution in [0.5, 0.6) is 5.75 Å². The van der Waals surface area contributed by atoms with Gasteiger partial charge in [-0.3, -0.25) is 4.79 Å². The fraction of sp³-hybridized carbons (Fsp3) is 0.375. The van der Waals surface area contributed by atoms with Crippen LogP contribution in [0.3, 0.4) is 0 Å². The summed E-state index contributed by atoms with van der Waals surface area (Å²) in [5.41, 5.74) is 2.72. The lowest BCUT2D eigenvalue weighted by Gasteiger charge is -2.20. The van der Waals surface area contributed by atoms with Crippen molar-refractivity contribution in [3.8, 4) is 5.75 Å². The second kappa shape index (κ2) is 8.20. The molecule has 2 aromatic rings. The lowest BCUT2D eigenvalue weighted by molar-refractivity contribution is -0.142. The first-order valence-corrected chi connectivity index (χ1v) is 9.64. The number of thioether (sulfide) groups is 1. The van der Waals surface area contributed by atoms with Gasteiger partial charge in [0.2, 0.25) is 0 Å². The number of nitrogens with zero attached hydrogens (tertiary/aromatic N) is 1. The SMILES string of the molecule is CCOC(=O)Cc1csc(SCc2cc(Cl)cc3c2OCOC3)n1. The highest BCUT2D eigenvalue weighted by atomic mass is 35.5. The first-order valence-electron chi connectivity index (χ1n) is 7.40. The Balaban J connectivity index is 1.65. The highest BCUT2D eigenvalue weighted by Gasteiger charge is 2.17. The Morgan fingerprint density at radius 3 is 3.21 bits per heavy atom. The Labute approximate surface area is 153 Å². The first kappa shape index (κ1) is 17.5. The molecule has 1 aliphatic rings. The summed E-state index contributed by atoms with van der Waals surface area (Å²) in [6, 6.07) is 3.77. The van der Waals surface area contributed by atoms with Gasteiger partial charge in [-0.1, -0.05) is 23.4 Å². The summed E-state index contributed by atoms with van der Waals surface area (Å²) in [5.74, 6) is 1.29. The van der Waals surface area contributed by atoms with E-state index in [-0.39, 0.29) is 19.2 Å². The standard InChI is InChI=1S/C16H16ClNO4S2/c1-2-21-14(19)5-13-8-24-16(18-13)23-7-11-4-12(17)3-10-6-20-9-22-15(10)11/h3-4,8H,2,5-7,9H2,1H3. The van der Waals surface area contributed by atoms with Crippen LogP contribution in [-0.2, 0) is 33.0 Å². The lowest BCUT2D eigenvalue weighted by atomic mass is 10.1. The molecule has 3 rings (SSSR count). The van der Waals surface area contributed by atoms with Crippen LogP contribution in [0.4, 0.5) is 0 Å². The normalized spacial score (nSPS) is 13.2. The number of rotatable bonds is 6. The fourth-order valence-electron chi connectivity index (χ4n) is 2.30. The molecule has 0 bridgehead atoms. The van der Waals surface area contributed by atoms with E-state index in [0.717, 1.165) is 26.9 Å². The van der Waals surface area contributed by atoms with Gasteiger partial charge >= 0.3 is 5.97 Å². The fourth-order valence-corrected chi connectivity index (χ4v) is 4.37. The van der Waals surface area contributed by atoms with E-state index in [0.29, 0.717) is 24.0 Å². The minimum Gasteiger partial charge on any atom is -0.467 e. The van der Waals surface area contributed by atoms with Gasteiger partial charge in [-0.05, 0) is 19.1 Å². The largest absolute Gasteiger partial charge is 0.467 e. The van der Waals surface area contributed by atoms with Crippen molar-refractivity contribution in [2.45, 2.75) is 30.0 Å². The molecule has 0 unspecified atom stereocenters. The van der Waals surface area contributed by atoms with Crippen molar-refractivity contribution in [2.75, 3.05) is 13.4 Å². The maximum absolute atomic E-state index is 11.5. The van der Waals surface area contributed by atoms with E-state index in [1.54, 1.807) is 18.7 Å². The molecule has 0 amide bonds. The van der Waals surface area contributed by atoms with E-state index in [9.17, 15) is 4.79 Å². The van der Waals surface area contributed by atoms with Crippen molar-refractivity contribution >= 4 is 40.7 Å². The van der Waals surface area contributed by atoms with Crippen molar-refractivity contribution in [1.82, 2.24) is 4.98 Å². The second-order valence-corrected chi connectivity index (χ2v) is 7.56. The van der Waals surface area contributed by atoms with E-state index in [2.05, 4.69) is 4.98 Å². The zero-order valence-electron chi connectivity index (χ0n) is 13.0. The van der Waals surface area contributed by atoms with Gasteiger partial charge in [0.1, 0.15) is 10.1 Å². The number of fused-ring (bicyclic) bond motifs is 1. The van der Waals surface area contributed by atoms with Gasteiger partial charge in [0.15, 0.2) is 6.79 Å². The maximum Gasteiger partial charge on any atom is 0.311 e. The summed E-state index contributed by atoms with van der Waals surface area (Å²) in [4.78, 5) is 16.0. The molecule has 0 saturated carbocycles. The van der Waals surface area contributed by atoms with Gasteiger partial charge < -0.3 is 14.2 Å². The molecule has 5 nitrogen and oxygen atoms in total. The molecule has 128 valence electrons. The van der Waals surface area contributed by atoms with Crippen LogP contribution in [0.2, 0.25) is 5.02 Å². The van der Waals surface area contributed by atoms with Crippen molar-refractivity contribution in [2.24, 2.45) is 0 Å². The highest BCUT2D eigenvalue weighted by molar-refractivity contribution is 8.00. The molecular weight excluding hydrogens is 370 g/mol. The highest BCUT2D eigenvalue weighted by Crippen LogP contribution is 2.36. The number of halogens is 1. The summed E-state index contributed by atoms with van der Waals surface area (Å²) in [6.45, 7) is 2.94. The number of carbonyl (C=O) groups is 1. The van der Waals surface area contributed by atoms with Gasteiger partial charge in [-0.2, -0.15) is 0 Å². The van der Waals surface area contributed by atoms with Crippen LogP contribution in [0.15, 0.2) is 21.9 Å². The molecule has 0 aliphatic carbocycles. The van der Waals surface area contributed by atoms with E-state index in [1.807, 2.05) is 17.5 Å². The van der Waals surface area contributed by atoms with E-state index in [4.69, 9.17) is 25.8 Å². The van der Waals surface area contributed by atoms with Crippen LogP contribution in [0, 0.1) is 0 Å². The smallest absolute Gasteiger partial charge is 0.311 e. The lowest BCUT2D eigenvalue weighted by Crippen LogP contribution is -2.12. The van der Waals surface area contributed by atoms with E-state index < -0.39 is 0 Å². The van der Waals surface area contributed by atoms with Crippen molar-refractivity contribution in [3.63, 3.8) is 0 Å². The third-order valence-corrected chi connectivity index (χ3v) is 5.60. The van der Waals surface area contributed by atoms with Gasteiger partial charge in [-0.15, -0.1) is 11.3 Å². The summed E-state index contributed by atoms with van der Waals surface area (Å²) in [5, 5.41) is 2.55. The van der Waals surface area contributed by atoms with Crippen molar-refractivity contribution < 1.29 is 19.0 Å². The molecule has 0 atom stereocenters. The molecule has 0 spiro atoms. The Kier molecular flexibility index (Phi) is 5.99. The summed E-state index contributed by atoms with van der Waals surface area (Å²) in [7, 11) is 0. The number of hydrogen-bond donors (Lipinski definition) is 0. The predicted octanol–water partition coefficient (Wildman–Crippen LogP) is 4.06. The third kappa shape index (κ3) is 4.42. The monoisotopic (exact) mass is 385 g/mol. The van der Waals surface area contributed by atoms with Crippen LogP contribution >= 0.6 is 34.7 Å². The summed E-state index contributed by atoms with van der Waals surface area (Å²) >= 11 is 9.28.